The highest BCUT2D eigenvalue weighted by Crippen LogP contribution is 1.87. The third kappa shape index (κ3) is 41.0. The first kappa shape index (κ1) is 42.0. The van der Waals surface area contributed by atoms with Crippen molar-refractivity contribution in [1.29, 1.82) is 0 Å². The summed E-state index contributed by atoms with van der Waals surface area (Å²) in [5.41, 5.74) is 0. The predicted molar refractivity (Wildman–Crippen MR) is 155 cm³/mol. The molecule has 0 fully saturated rings. The maximum Gasteiger partial charge on any atom is 0.113 e. The monoisotopic (exact) mass is 630 g/mol. The second kappa shape index (κ2) is 41.0. The van der Waals surface area contributed by atoms with E-state index in [1.165, 1.54) is 0 Å². The molecule has 0 amide bonds. The fourth-order valence-corrected chi connectivity index (χ4v) is 2.82. The van der Waals surface area contributed by atoms with E-state index in [4.69, 9.17) is 68.0 Å². The minimum Gasteiger partial charge on any atom is -0.377 e. The molecule has 0 saturated carbocycles. The van der Waals surface area contributed by atoms with E-state index in [-0.39, 0.29) is 6.61 Å². The molecule has 0 heterocycles. The molecule has 0 aliphatic rings. The van der Waals surface area contributed by atoms with Crippen LogP contribution in [0.15, 0.2) is 0 Å². The molecule has 0 rings (SSSR count). The van der Waals surface area contributed by atoms with Crippen molar-refractivity contribution >= 4 is 0 Å². The summed E-state index contributed by atoms with van der Waals surface area (Å²) in [5, 5.41) is 0. The molecule has 0 saturated heterocycles. The van der Waals surface area contributed by atoms with E-state index in [0.717, 1.165) is 0 Å². The van der Waals surface area contributed by atoms with Gasteiger partial charge in [0.15, 0.2) is 0 Å². The average molecular weight is 631 g/mol. The first-order valence-corrected chi connectivity index (χ1v) is 14.9. The van der Waals surface area contributed by atoms with E-state index < -0.39 is 6.67 Å². The molecule has 0 unspecified atom stereocenters. The smallest absolute Gasteiger partial charge is 0.113 e. The van der Waals surface area contributed by atoms with Crippen LogP contribution in [-0.2, 0) is 61.6 Å². The summed E-state index contributed by atoms with van der Waals surface area (Å²) in [7, 11) is 0. The van der Waals surface area contributed by atoms with Crippen LogP contribution in [0.1, 0.15) is 0 Å². The summed E-state index contributed by atoms with van der Waals surface area (Å²) >= 11 is 0. The van der Waals surface area contributed by atoms with Gasteiger partial charge in [-0.05, 0) is 0 Å². The summed E-state index contributed by atoms with van der Waals surface area (Å²) in [6, 6.07) is 0. The van der Waals surface area contributed by atoms with Crippen molar-refractivity contribution < 1.29 is 66.0 Å². The lowest BCUT2D eigenvalue weighted by molar-refractivity contribution is -0.0289. The quantitative estimate of drug-likeness (QED) is 0.0705. The van der Waals surface area contributed by atoms with Gasteiger partial charge in [-0.1, -0.05) is 5.92 Å². The molecule has 0 radical (unpaired) electrons. The van der Waals surface area contributed by atoms with Gasteiger partial charge < -0.3 is 61.6 Å². The number of rotatable bonds is 39. The van der Waals surface area contributed by atoms with Gasteiger partial charge in [-0.25, -0.2) is 4.39 Å². The topological polar surface area (TPSA) is 120 Å². The second-order valence-corrected chi connectivity index (χ2v) is 8.29. The van der Waals surface area contributed by atoms with Gasteiger partial charge in [0.25, 0.3) is 0 Å². The van der Waals surface area contributed by atoms with Gasteiger partial charge in [-0.15, -0.1) is 6.42 Å². The molecule has 0 spiro atoms. The van der Waals surface area contributed by atoms with E-state index in [1.807, 2.05) is 0 Å². The van der Waals surface area contributed by atoms with Crippen LogP contribution in [0.25, 0.3) is 0 Å². The van der Waals surface area contributed by atoms with E-state index in [2.05, 4.69) is 5.92 Å². The highest BCUT2D eigenvalue weighted by atomic mass is 19.1. The lowest BCUT2D eigenvalue weighted by atomic mass is 10.6. The molecule has 0 aliphatic heterocycles. The standard InChI is InChI=1S/C29H55FO13/c1-2-4-31-6-8-33-10-12-35-14-16-37-18-20-39-22-24-41-26-28-43-29-27-42-25-23-40-21-19-38-17-15-36-13-11-34-9-7-32-5-3-30/h1H,3-29H2. The van der Waals surface area contributed by atoms with Crippen molar-refractivity contribution in [2.75, 3.05) is 178 Å². The first-order valence-electron chi connectivity index (χ1n) is 14.9. The van der Waals surface area contributed by atoms with Gasteiger partial charge in [-0.3, -0.25) is 0 Å². The molecular formula is C29H55FO13. The highest BCUT2D eigenvalue weighted by molar-refractivity contribution is 4.82. The van der Waals surface area contributed by atoms with E-state index in [9.17, 15) is 4.39 Å². The summed E-state index contributed by atoms with van der Waals surface area (Å²) in [6.07, 6.45) is 5.07. The third-order valence-corrected chi connectivity index (χ3v) is 4.87. The maximum absolute atomic E-state index is 11.8. The van der Waals surface area contributed by atoms with Crippen LogP contribution in [0.2, 0.25) is 0 Å². The Bertz CT molecular complexity index is 543. The van der Waals surface area contributed by atoms with Gasteiger partial charge in [0.1, 0.15) is 13.3 Å². The molecule has 0 atom stereocenters. The lowest BCUT2D eigenvalue weighted by Crippen LogP contribution is -2.15. The molecule has 0 aromatic rings. The van der Waals surface area contributed by atoms with E-state index in [1.54, 1.807) is 0 Å². The van der Waals surface area contributed by atoms with Crippen LogP contribution in [0.4, 0.5) is 4.39 Å². The van der Waals surface area contributed by atoms with Crippen LogP contribution in [0.3, 0.4) is 0 Å². The van der Waals surface area contributed by atoms with E-state index in [0.29, 0.717) is 165 Å². The van der Waals surface area contributed by atoms with Crippen molar-refractivity contribution in [1.82, 2.24) is 0 Å². The van der Waals surface area contributed by atoms with E-state index >= 15 is 0 Å². The largest absolute Gasteiger partial charge is 0.377 e. The Labute approximate surface area is 257 Å². The summed E-state index contributed by atoms with van der Waals surface area (Å²) in [4.78, 5) is 0. The zero-order valence-corrected chi connectivity index (χ0v) is 25.9. The average Bonchev–Trinajstić information content (AvgIpc) is 3.02. The van der Waals surface area contributed by atoms with Crippen LogP contribution in [0, 0.1) is 12.3 Å². The first-order chi connectivity index (χ1) is 21.4. The van der Waals surface area contributed by atoms with Crippen molar-refractivity contribution in [3.8, 4) is 12.3 Å². The molecule has 0 bridgehead atoms. The van der Waals surface area contributed by atoms with Crippen molar-refractivity contribution in [3.63, 3.8) is 0 Å². The zero-order valence-electron chi connectivity index (χ0n) is 25.9. The Kier molecular flexibility index (Phi) is 40.0. The Balaban J connectivity index is 3.03. The fourth-order valence-electron chi connectivity index (χ4n) is 2.82. The molecule has 0 aromatic carbocycles. The predicted octanol–water partition coefficient (Wildman–Crippen LogP) is 0.805. The number of ether oxygens (including phenoxy) is 13. The minimum atomic E-state index is -0.476. The van der Waals surface area contributed by atoms with Gasteiger partial charge in [0.2, 0.25) is 0 Å². The molecule has 0 N–H and O–H groups in total. The number of hydrogen-bond donors (Lipinski definition) is 0. The molecule has 13 nitrogen and oxygen atoms in total. The molecule has 0 aliphatic carbocycles. The Morgan fingerprint density at radius 2 is 0.442 bits per heavy atom. The Morgan fingerprint density at radius 1 is 0.279 bits per heavy atom. The SMILES string of the molecule is C#CCOCCOCCOCCOCCOCCOCCOCCOCCOCCOCCOCCOCCOCCF. The molecule has 256 valence electrons. The molecular weight excluding hydrogens is 575 g/mol. The van der Waals surface area contributed by atoms with Crippen molar-refractivity contribution in [3.05, 3.63) is 0 Å². The molecule has 14 heteroatoms. The second-order valence-electron chi connectivity index (χ2n) is 8.29. The van der Waals surface area contributed by atoms with Gasteiger partial charge in [-0.2, -0.15) is 0 Å². The number of hydrogen-bond acceptors (Lipinski definition) is 13. The third-order valence-electron chi connectivity index (χ3n) is 4.87. The number of alkyl halides is 1. The van der Waals surface area contributed by atoms with Gasteiger partial charge in [0, 0.05) is 0 Å². The minimum absolute atomic E-state index is 0.112. The normalized spacial score (nSPS) is 11.3. The maximum atomic E-state index is 11.8. The van der Waals surface area contributed by atoms with Crippen LogP contribution in [-0.4, -0.2) is 178 Å². The summed E-state index contributed by atoms with van der Waals surface area (Å²) in [6.45, 7) is 11.7. The molecule has 43 heavy (non-hydrogen) atoms. The van der Waals surface area contributed by atoms with Gasteiger partial charge >= 0.3 is 0 Å². The summed E-state index contributed by atoms with van der Waals surface area (Å²) < 4.78 is 81.3. The van der Waals surface area contributed by atoms with Crippen LogP contribution >= 0.6 is 0 Å². The van der Waals surface area contributed by atoms with Crippen molar-refractivity contribution in [2.45, 2.75) is 0 Å². The van der Waals surface area contributed by atoms with Gasteiger partial charge in [0.05, 0.1) is 165 Å². The fraction of sp³-hybridized carbons (Fsp3) is 0.931. The zero-order chi connectivity index (χ0) is 31.0. The lowest BCUT2D eigenvalue weighted by Gasteiger charge is -2.09. The molecule has 0 aromatic heterocycles. The number of halogens is 1. The van der Waals surface area contributed by atoms with Crippen LogP contribution < -0.4 is 0 Å². The van der Waals surface area contributed by atoms with Crippen LogP contribution in [0.5, 0.6) is 0 Å². The van der Waals surface area contributed by atoms with Crippen molar-refractivity contribution in [2.24, 2.45) is 0 Å². The number of terminal acetylenes is 1. The highest BCUT2D eigenvalue weighted by Gasteiger charge is 1.96. The summed E-state index contributed by atoms with van der Waals surface area (Å²) in [5.74, 6) is 2.39. The Morgan fingerprint density at radius 3 is 0.605 bits per heavy atom. The Hall–Kier alpha value is -1.03.